The fraction of sp³-hybridized carbons (Fsp3) is 0.923. The first-order valence-corrected chi connectivity index (χ1v) is 7.21. The maximum atomic E-state index is 9.88. The summed E-state index contributed by atoms with van der Waals surface area (Å²) < 4.78 is 5.82. The Hall–Kier alpha value is 0.210. The smallest absolute Gasteiger partial charge is 0.165 e. The summed E-state index contributed by atoms with van der Waals surface area (Å²) in [5, 5.41) is 0. The molecule has 1 saturated carbocycles. The maximum absolute atomic E-state index is 9.88. The Balaban J connectivity index is 0.000000366. The zero-order valence-electron chi connectivity index (χ0n) is 11.1. The molecule has 102 valence electrons. The molecule has 0 saturated heterocycles. The molecule has 4 heteroatoms. The lowest BCUT2D eigenvalue weighted by Gasteiger charge is -2.33. The van der Waals surface area contributed by atoms with Crippen LogP contribution in [0.2, 0.25) is 0 Å². The first-order chi connectivity index (χ1) is 7.91. The monoisotopic (exact) mass is 282 g/mol. The molecular weight excluding hydrogens is 259 g/mol. The van der Waals surface area contributed by atoms with E-state index in [9.17, 15) is 4.79 Å². The van der Waals surface area contributed by atoms with Crippen LogP contribution in [0.1, 0.15) is 59.3 Å². The van der Waals surface area contributed by atoms with Gasteiger partial charge in [0.25, 0.3) is 0 Å². The van der Waals surface area contributed by atoms with Crippen molar-refractivity contribution >= 4 is 29.0 Å². The minimum absolute atomic E-state index is 0.210. The Labute approximate surface area is 115 Å². The van der Waals surface area contributed by atoms with Crippen molar-refractivity contribution in [3.05, 3.63) is 0 Å². The van der Waals surface area contributed by atoms with Gasteiger partial charge in [-0.15, -0.1) is 0 Å². The molecule has 1 aliphatic rings. The summed E-state index contributed by atoms with van der Waals surface area (Å²) in [6, 6.07) is 0. The van der Waals surface area contributed by atoms with Gasteiger partial charge in [-0.2, -0.15) is 0 Å². The van der Waals surface area contributed by atoms with Gasteiger partial charge in [0.2, 0.25) is 0 Å². The van der Waals surface area contributed by atoms with Crippen molar-refractivity contribution in [1.82, 2.24) is 0 Å². The summed E-state index contributed by atoms with van der Waals surface area (Å²) in [6.45, 7) is 6.72. The molecule has 0 N–H and O–H groups in total. The highest BCUT2D eigenvalue weighted by Gasteiger charge is 2.26. The Kier molecular flexibility index (Phi) is 9.29. The van der Waals surface area contributed by atoms with Crippen LogP contribution in [0, 0.1) is 0 Å². The second-order valence-corrected chi connectivity index (χ2v) is 5.87. The molecule has 0 aliphatic heterocycles. The van der Waals surface area contributed by atoms with Gasteiger partial charge in [0.1, 0.15) is 0 Å². The first-order valence-electron chi connectivity index (χ1n) is 6.34. The van der Waals surface area contributed by atoms with E-state index < -0.39 is 4.84 Å². The SMILES string of the molecule is CC(=O)C(Cl)Cl.CCCOC1(C)CCCCC1. The van der Waals surface area contributed by atoms with Gasteiger partial charge < -0.3 is 4.74 Å². The summed E-state index contributed by atoms with van der Waals surface area (Å²) >= 11 is 10.1. The van der Waals surface area contributed by atoms with Crippen molar-refractivity contribution in [1.29, 1.82) is 0 Å². The van der Waals surface area contributed by atoms with E-state index in [1.54, 1.807) is 0 Å². The molecule has 0 bridgehead atoms. The zero-order valence-corrected chi connectivity index (χ0v) is 12.6. The van der Waals surface area contributed by atoms with Crippen LogP contribution in [0.4, 0.5) is 0 Å². The summed E-state index contributed by atoms with van der Waals surface area (Å²) in [6.07, 6.45) is 7.82. The normalized spacial score (nSPS) is 18.5. The fourth-order valence-corrected chi connectivity index (χ4v) is 1.79. The quantitative estimate of drug-likeness (QED) is 0.709. The average molecular weight is 283 g/mol. The number of carbonyl (C=O) groups excluding carboxylic acids is 1. The van der Waals surface area contributed by atoms with E-state index in [0.29, 0.717) is 0 Å². The number of Topliss-reactive ketones (excluding diaryl/α,β-unsaturated/α-hetero) is 1. The van der Waals surface area contributed by atoms with Crippen molar-refractivity contribution in [3.8, 4) is 0 Å². The van der Waals surface area contributed by atoms with Gasteiger partial charge in [0.05, 0.1) is 5.60 Å². The topological polar surface area (TPSA) is 26.3 Å². The lowest BCUT2D eigenvalue weighted by atomic mass is 9.86. The summed E-state index contributed by atoms with van der Waals surface area (Å²) in [7, 11) is 0. The van der Waals surface area contributed by atoms with E-state index in [2.05, 4.69) is 13.8 Å². The Morgan fingerprint density at radius 2 is 1.76 bits per heavy atom. The van der Waals surface area contributed by atoms with Crippen LogP contribution < -0.4 is 0 Å². The number of hydrogen-bond donors (Lipinski definition) is 0. The Morgan fingerprint density at radius 3 is 2.12 bits per heavy atom. The molecule has 1 aliphatic carbocycles. The minimum Gasteiger partial charge on any atom is -0.375 e. The lowest BCUT2D eigenvalue weighted by molar-refractivity contribution is -0.115. The average Bonchev–Trinajstić information content (AvgIpc) is 2.28. The van der Waals surface area contributed by atoms with E-state index in [0.717, 1.165) is 13.0 Å². The second kappa shape index (κ2) is 9.18. The van der Waals surface area contributed by atoms with Gasteiger partial charge in [-0.25, -0.2) is 0 Å². The number of carbonyl (C=O) groups is 1. The molecule has 2 nitrogen and oxygen atoms in total. The van der Waals surface area contributed by atoms with Gasteiger partial charge in [0, 0.05) is 6.61 Å². The Morgan fingerprint density at radius 1 is 1.29 bits per heavy atom. The predicted molar refractivity (Wildman–Crippen MR) is 73.9 cm³/mol. The van der Waals surface area contributed by atoms with Gasteiger partial charge in [0.15, 0.2) is 10.6 Å². The fourth-order valence-electron chi connectivity index (χ4n) is 1.79. The number of halogens is 2. The van der Waals surface area contributed by atoms with Crippen LogP contribution in [0.25, 0.3) is 0 Å². The van der Waals surface area contributed by atoms with Gasteiger partial charge >= 0.3 is 0 Å². The largest absolute Gasteiger partial charge is 0.375 e. The number of hydrogen-bond acceptors (Lipinski definition) is 2. The highest BCUT2D eigenvalue weighted by Crippen LogP contribution is 2.30. The van der Waals surface area contributed by atoms with Crippen LogP contribution in [0.3, 0.4) is 0 Å². The number of ether oxygens (including phenoxy) is 1. The van der Waals surface area contributed by atoms with Crippen molar-refractivity contribution in [2.45, 2.75) is 69.7 Å². The molecule has 17 heavy (non-hydrogen) atoms. The van der Waals surface area contributed by atoms with Crippen molar-refractivity contribution in [2.24, 2.45) is 0 Å². The molecule has 1 fully saturated rings. The predicted octanol–water partition coefficient (Wildman–Crippen LogP) is 4.51. The highest BCUT2D eigenvalue weighted by molar-refractivity contribution is 6.53. The van der Waals surface area contributed by atoms with Crippen molar-refractivity contribution < 1.29 is 9.53 Å². The van der Waals surface area contributed by atoms with E-state index >= 15 is 0 Å². The van der Waals surface area contributed by atoms with E-state index in [1.807, 2.05) is 0 Å². The molecule has 0 heterocycles. The number of alkyl halides is 2. The third-order valence-electron chi connectivity index (χ3n) is 2.87. The minimum atomic E-state index is -0.843. The molecule has 0 unspecified atom stereocenters. The molecule has 0 aromatic carbocycles. The lowest BCUT2D eigenvalue weighted by Crippen LogP contribution is -2.31. The van der Waals surface area contributed by atoms with Gasteiger partial charge in [-0.05, 0) is 33.1 Å². The molecule has 0 aromatic rings. The molecule has 0 spiro atoms. The van der Waals surface area contributed by atoms with Crippen molar-refractivity contribution in [2.75, 3.05) is 6.61 Å². The van der Waals surface area contributed by atoms with Crippen LogP contribution in [-0.2, 0) is 9.53 Å². The van der Waals surface area contributed by atoms with Crippen LogP contribution in [0.5, 0.6) is 0 Å². The van der Waals surface area contributed by atoms with E-state index in [1.165, 1.54) is 39.0 Å². The number of rotatable bonds is 4. The summed E-state index contributed by atoms with van der Waals surface area (Å²) in [4.78, 5) is 9.04. The Bertz CT molecular complexity index is 211. The standard InChI is InChI=1S/C10H20O.C3H4Cl2O/c1-3-9-11-10(2)7-5-4-6-8-10;1-2(6)3(4)5/h3-9H2,1-2H3;3H,1H3. The highest BCUT2D eigenvalue weighted by atomic mass is 35.5. The van der Waals surface area contributed by atoms with Gasteiger partial charge in [-0.1, -0.05) is 49.4 Å². The first kappa shape index (κ1) is 17.2. The zero-order chi connectivity index (χ0) is 13.3. The molecule has 0 radical (unpaired) electrons. The number of ketones is 1. The molecule has 0 aromatic heterocycles. The summed E-state index contributed by atoms with van der Waals surface area (Å²) in [5.41, 5.74) is 0.230. The van der Waals surface area contributed by atoms with E-state index in [4.69, 9.17) is 27.9 Å². The van der Waals surface area contributed by atoms with Gasteiger partial charge in [-0.3, -0.25) is 4.79 Å². The van der Waals surface area contributed by atoms with Crippen LogP contribution in [0.15, 0.2) is 0 Å². The second-order valence-electron chi connectivity index (χ2n) is 4.77. The van der Waals surface area contributed by atoms with Crippen LogP contribution in [-0.4, -0.2) is 22.8 Å². The molecule has 1 rings (SSSR count). The third kappa shape index (κ3) is 8.87. The van der Waals surface area contributed by atoms with Crippen LogP contribution >= 0.6 is 23.2 Å². The molecular formula is C13H24Cl2O2. The van der Waals surface area contributed by atoms with E-state index in [-0.39, 0.29) is 11.4 Å². The third-order valence-corrected chi connectivity index (χ3v) is 3.49. The molecule has 0 atom stereocenters. The summed E-state index contributed by atoms with van der Waals surface area (Å²) in [5.74, 6) is -0.210. The molecule has 0 amide bonds. The maximum Gasteiger partial charge on any atom is 0.165 e. The van der Waals surface area contributed by atoms with Crippen molar-refractivity contribution in [3.63, 3.8) is 0 Å².